The normalized spacial score (nSPS) is 12.6. The number of aliphatic hydroxyl groups is 1. The first-order chi connectivity index (χ1) is 10.0. The Morgan fingerprint density at radius 3 is 2.86 bits per heavy atom. The van der Waals surface area contributed by atoms with E-state index in [1.54, 1.807) is 6.26 Å². The quantitative estimate of drug-likeness (QED) is 0.859. The van der Waals surface area contributed by atoms with E-state index in [-0.39, 0.29) is 12.3 Å². The van der Waals surface area contributed by atoms with Gasteiger partial charge in [0.05, 0.1) is 18.8 Å². The zero-order valence-electron chi connectivity index (χ0n) is 12.9. The van der Waals surface area contributed by atoms with Crippen LogP contribution in [0.5, 0.6) is 0 Å². The molecule has 0 aliphatic heterocycles. The average molecular weight is 289 g/mol. The number of furan rings is 1. The minimum Gasteiger partial charge on any atom is -0.464 e. The first-order valence-electron chi connectivity index (χ1n) is 7.44. The van der Waals surface area contributed by atoms with E-state index < -0.39 is 6.10 Å². The standard InChI is InChI=1S/C17H23NO3/c1-4-5-14(19)9-18-16(20)8-13-10-21-17-12(3)11(2)6-7-15(13)17/h6-7,10,14,19H,4-5,8-9H2,1-3H3,(H,18,20). The molecular weight excluding hydrogens is 266 g/mol. The van der Waals surface area contributed by atoms with Crippen LogP contribution in [0.3, 0.4) is 0 Å². The molecule has 1 heterocycles. The Bertz CT molecular complexity index is 630. The lowest BCUT2D eigenvalue weighted by molar-refractivity contribution is -0.120. The van der Waals surface area contributed by atoms with Crippen LogP contribution in [-0.4, -0.2) is 23.7 Å². The molecule has 0 saturated carbocycles. The van der Waals surface area contributed by atoms with Crippen LogP contribution in [0.1, 0.15) is 36.5 Å². The van der Waals surface area contributed by atoms with Crippen molar-refractivity contribution in [3.05, 3.63) is 35.1 Å². The second-order valence-corrected chi connectivity index (χ2v) is 5.57. The van der Waals surface area contributed by atoms with Gasteiger partial charge in [0.2, 0.25) is 5.91 Å². The predicted octanol–water partition coefficient (Wildman–Crippen LogP) is 2.87. The molecule has 1 amide bonds. The summed E-state index contributed by atoms with van der Waals surface area (Å²) in [7, 11) is 0. The summed E-state index contributed by atoms with van der Waals surface area (Å²) in [5.74, 6) is -0.0916. The molecule has 1 aromatic heterocycles. The highest BCUT2D eigenvalue weighted by atomic mass is 16.3. The van der Waals surface area contributed by atoms with E-state index >= 15 is 0 Å². The molecule has 0 aliphatic rings. The Morgan fingerprint density at radius 1 is 1.38 bits per heavy atom. The van der Waals surface area contributed by atoms with E-state index in [0.29, 0.717) is 13.0 Å². The number of rotatable bonds is 6. The molecule has 0 spiro atoms. The summed E-state index contributed by atoms with van der Waals surface area (Å²) in [6.45, 7) is 6.37. The van der Waals surface area contributed by atoms with Gasteiger partial charge in [-0.25, -0.2) is 0 Å². The van der Waals surface area contributed by atoms with Crippen LogP contribution in [0.25, 0.3) is 11.0 Å². The summed E-state index contributed by atoms with van der Waals surface area (Å²) in [6.07, 6.45) is 3.06. The molecule has 2 N–H and O–H groups in total. The number of aryl methyl sites for hydroxylation is 2. The lowest BCUT2D eigenvalue weighted by Gasteiger charge is -2.10. The molecule has 4 heteroatoms. The molecule has 1 unspecified atom stereocenters. The topological polar surface area (TPSA) is 62.5 Å². The molecule has 114 valence electrons. The van der Waals surface area contributed by atoms with Crippen molar-refractivity contribution in [2.24, 2.45) is 0 Å². The number of hydrogen-bond acceptors (Lipinski definition) is 3. The third-order valence-electron chi connectivity index (χ3n) is 3.85. The van der Waals surface area contributed by atoms with E-state index in [4.69, 9.17) is 4.42 Å². The van der Waals surface area contributed by atoms with Gasteiger partial charge in [0, 0.05) is 17.5 Å². The van der Waals surface area contributed by atoms with E-state index in [9.17, 15) is 9.90 Å². The molecule has 0 radical (unpaired) electrons. The number of amides is 1. The Morgan fingerprint density at radius 2 is 2.14 bits per heavy atom. The van der Waals surface area contributed by atoms with Crippen molar-refractivity contribution in [1.82, 2.24) is 5.32 Å². The Labute approximate surface area is 125 Å². The molecular formula is C17H23NO3. The van der Waals surface area contributed by atoms with Crippen molar-refractivity contribution in [2.45, 2.75) is 46.1 Å². The second kappa shape index (κ2) is 6.76. The van der Waals surface area contributed by atoms with Gasteiger partial charge in [0.15, 0.2) is 0 Å². The van der Waals surface area contributed by atoms with E-state index in [1.165, 1.54) is 5.56 Å². The molecule has 0 saturated heterocycles. The fourth-order valence-electron chi connectivity index (χ4n) is 2.43. The highest BCUT2D eigenvalue weighted by molar-refractivity contribution is 5.89. The minimum atomic E-state index is -0.468. The van der Waals surface area contributed by atoms with E-state index in [0.717, 1.165) is 28.5 Å². The summed E-state index contributed by atoms with van der Waals surface area (Å²) in [5, 5.41) is 13.4. The van der Waals surface area contributed by atoms with Crippen LogP contribution >= 0.6 is 0 Å². The van der Waals surface area contributed by atoms with Gasteiger partial charge in [0.25, 0.3) is 0 Å². The molecule has 2 aromatic rings. The van der Waals surface area contributed by atoms with Gasteiger partial charge in [0.1, 0.15) is 5.58 Å². The summed E-state index contributed by atoms with van der Waals surface area (Å²) in [6, 6.07) is 4.04. The average Bonchev–Trinajstić information content (AvgIpc) is 2.85. The maximum Gasteiger partial charge on any atom is 0.224 e. The minimum absolute atomic E-state index is 0.0916. The van der Waals surface area contributed by atoms with Crippen LogP contribution in [0.2, 0.25) is 0 Å². The number of nitrogens with one attached hydrogen (secondary N) is 1. The summed E-state index contributed by atoms with van der Waals surface area (Å²) in [5.41, 5.74) is 4.02. The smallest absolute Gasteiger partial charge is 0.224 e. The van der Waals surface area contributed by atoms with Crippen LogP contribution in [0, 0.1) is 13.8 Å². The first-order valence-corrected chi connectivity index (χ1v) is 7.44. The lowest BCUT2D eigenvalue weighted by Crippen LogP contribution is -2.32. The Balaban J connectivity index is 2.03. The molecule has 0 aliphatic carbocycles. The number of fused-ring (bicyclic) bond motifs is 1. The Kier molecular flexibility index (Phi) is 5.02. The summed E-state index contributed by atoms with van der Waals surface area (Å²) >= 11 is 0. The van der Waals surface area contributed by atoms with Crippen LogP contribution in [-0.2, 0) is 11.2 Å². The van der Waals surface area contributed by atoms with Crippen molar-refractivity contribution in [3.8, 4) is 0 Å². The van der Waals surface area contributed by atoms with Crippen molar-refractivity contribution < 1.29 is 14.3 Å². The van der Waals surface area contributed by atoms with Crippen molar-refractivity contribution >= 4 is 16.9 Å². The largest absolute Gasteiger partial charge is 0.464 e. The highest BCUT2D eigenvalue weighted by Crippen LogP contribution is 2.26. The van der Waals surface area contributed by atoms with Gasteiger partial charge in [-0.3, -0.25) is 4.79 Å². The Hall–Kier alpha value is -1.81. The predicted molar refractivity (Wildman–Crippen MR) is 83.3 cm³/mol. The molecule has 4 nitrogen and oxygen atoms in total. The van der Waals surface area contributed by atoms with Gasteiger partial charge in [-0.05, 0) is 31.4 Å². The summed E-state index contributed by atoms with van der Waals surface area (Å²) < 4.78 is 5.60. The van der Waals surface area contributed by atoms with Crippen LogP contribution in [0.4, 0.5) is 0 Å². The zero-order chi connectivity index (χ0) is 15.4. The van der Waals surface area contributed by atoms with Crippen molar-refractivity contribution in [1.29, 1.82) is 0 Å². The fraction of sp³-hybridized carbons (Fsp3) is 0.471. The number of hydrogen-bond donors (Lipinski definition) is 2. The fourth-order valence-corrected chi connectivity index (χ4v) is 2.43. The summed E-state index contributed by atoms with van der Waals surface area (Å²) in [4.78, 5) is 12.0. The van der Waals surface area contributed by atoms with Crippen molar-refractivity contribution in [2.75, 3.05) is 6.54 Å². The number of carbonyl (C=O) groups excluding carboxylic acids is 1. The maximum atomic E-state index is 12.0. The maximum absolute atomic E-state index is 12.0. The van der Waals surface area contributed by atoms with Crippen LogP contribution in [0.15, 0.2) is 22.8 Å². The molecule has 0 bridgehead atoms. The molecule has 2 rings (SSSR count). The monoisotopic (exact) mass is 289 g/mol. The van der Waals surface area contributed by atoms with Crippen LogP contribution < -0.4 is 5.32 Å². The van der Waals surface area contributed by atoms with E-state index in [1.807, 2.05) is 32.9 Å². The molecule has 0 fully saturated rings. The van der Waals surface area contributed by atoms with Gasteiger partial charge >= 0.3 is 0 Å². The van der Waals surface area contributed by atoms with Gasteiger partial charge in [-0.1, -0.05) is 25.5 Å². The highest BCUT2D eigenvalue weighted by Gasteiger charge is 2.13. The van der Waals surface area contributed by atoms with Gasteiger partial charge in [-0.15, -0.1) is 0 Å². The number of aliphatic hydroxyl groups excluding tert-OH is 1. The molecule has 1 atom stereocenters. The number of benzene rings is 1. The second-order valence-electron chi connectivity index (χ2n) is 5.57. The van der Waals surface area contributed by atoms with Crippen molar-refractivity contribution in [3.63, 3.8) is 0 Å². The SMILES string of the molecule is CCCC(O)CNC(=O)Cc1coc2c(C)c(C)ccc12. The third-order valence-corrected chi connectivity index (χ3v) is 3.85. The lowest BCUT2D eigenvalue weighted by atomic mass is 10.0. The van der Waals surface area contributed by atoms with E-state index in [2.05, 4.69) is 5.32 Å². The third kappa shape index (κ3) is 3.64. The zero-order valence-corrected chi connectivity index (χ0v) is 12.9. The number of carbonyl (C=O) groups is 1. The molecule has 1 aromatic carbocycles. The van der Waals surface area contributed by atoms with Gasteiger partial charge in [-0.2, -0.15) is 0 Å². The molecule has 21 heavy (non-hydrogen) atoms. The first kappa shape index (κ1) is 15.6. The van der Waals surface area contributed by atoms with Gasteiger partial charge < -0.3 is 14.8 Å².